The number of ether oxygens (including phenoxy) is 1. The van der Waals surface area contributed by atoms with E-state index in [1.807, 2.05) is 6.92 Å². The summed E-state index contributed by atoms with van der Waals surface area (Å²) in [7, 11) is 0. The smallest absolute Gasteiger partial charge is 0.165 e. The van der Waals surface area contributed by atoms with Gasteiger partial charge in [-0.15, -0.1) is 0 Å². The van der Waals surface area contributed by atoms with E-state index in [1.54, 1.807) is 0 Å². The molecular formula is C9H14O2. The van der Waals surface area contributed by atoms with Gasteiger partial charge in [0.2, 0.25) is 0 Å². The Balaban J connectivity index is 2.21. The minimum Gasteiger partial charge on any atom is -0.358 e. The van der Waals surface area contributed by atoms with Gasteiger partial charge in [-0.25, -0.2) is 0 Å². The van der Waals surface area contributed by atoms with Gasteiger partial charge in [-0.2, -0.15) is 0 Å². The molecule has 1 aliphatic carbocycles. The summed E-state index contributed by atoms with van der Waals surface area (Å²) >= 11 is 0. The van der Waals surface area contributed by atoms with Gasteiger partial charge in [0, 0.05) is 6.42 Å². The zero-order chi connectivity index (χ0) is 8.28. The topological polar surface area (TPSA) is 29.6 Å². The number of Topliss-reactive ketones (excluding diaryl/α,β-unsaturated/α-hetero) is 1. The number of ketones is 1. The summed E-state index contributed by atoms with van der Waals surface area (Å²) in [5, 5.41) is 0. The maximum absolute atomic E-state index is 11.3. The Morgan fingerprint density at radius 2 is 2.09 bits per heavy atom. The van der Waals surface area contributed by atoms with Gasteiger partial charge < -0.3 is 4.74 Å². The predicted octanol–water partition coefficient (Wildman–Crippen LogP) is 1.53. The lowest BCUT2D eigenvalue weighted by Gasteiger charge is -2.29. The number of rotatable bonds is 0. The molecule has 0 aromatic rings. The summed E-state index contributed by atoms with van der Waals surface area (Å²) in [5.41, 5.74) is 0.0532. The second kappa shape index (κ2) is 1.69. The molecule has 0 bridgehead atoms. The molecule has 2 heteroatoms. The second-order valence-electron chi connectivity index (χ2n) is 4.79. The summed E-state index contributed by atoms with van der Waals surface area (Å²) in [6.45, 7) is 6.30. The van der Waals surface area contributed by atoms with Crippen LogP contribution in [0.4, 0.5) is 0 Å². The largest absolute Gasteiger partial charge is 0.358 e. The standard InChI is InChI=1S/C9H14O2/c1-8(2)4-6(10)7-9(3,5-8)11-7/h7H,4-5H2,1-3H3/t7-,9+/m1/s1. The Kier molecular flexibility index (Phi) is 1.12. The zero-order valence-electron chi connectivity index (χ0n) is 7.31. The first-order chi connectivity index (χ1) is 4.93. The highest BCUT2D eigenvalue weighted by Gasteiger charge is 2.62. The Morgan fingerprint density at radius 1 is 1.45 bits per heavy atom. The summed E-state index contributed by atoms with van der Waals surface area (Å²) in [6, 6.07) is 0. The van der Waals surface area contributed by atoms with Gasteiger partial charge in [-0.1, -0.05) is 13.8 Å². The van der Waals surface area contributed by atoms with Gasteiger partial charge >= 0.3 is 0 Å². The molecule has 1 saturated heterocycles. The summed E-state index contributed by atoms with van der Waals surface area (Å²) < 4.78 is 5.36. The van der Waals surface area contributed by atoms with Gasteiger partial charge in [-0.05, 0) is 18.8 Å². The number of epoxide rings is 1. The van der Waals surface area contributed by atoms with Crippen LogP contribution >= 0.6 is 0 Å². The van der Waals surface area contributed by atoms with Crippen molar-refractivity contribution in [1.29, 1.82) is 0 Å². The highest BCUT2D eigenvalue weighted by atomic mass is 16.6. The lowest BCUT2D eigenvalue weighted by Crippen LogP contribution is -2.34. The molecule has 0 radical (unpaired) electrons. The Bertz CT molecular complexity index is 217. The van der Waals surface area contributed by atoms with Crippen molar-refractivity contribution in [3.05, 3.63) is 0 Å². The Morgan fingerprint density at radius 3 is 2.64 bits per heavy atom. The van der Waals surface area contributed by atoms with Crippen molar-refractivity contribution in [2.24, 2.45) is 5.41 Å². The molecule has 1 heterocycles. The van der Waals surface area contributed by atoms with Gasteiger partial charge in [0.25, 0.3) is 0 Å². The third-order valence-corrected chi connectivity index (χ3v) is 2.66. The zero-order valence-corrected chi connectivity index (χ0v) is 7.31. The van der Waals surface area contributed by atoms with Crippen molar-refractivity contribution in [3.8, 4) is 0 Å². The van der Waals surface area contributed by atoms with Crippen LogP contribution in [0.15, 0.2) is 0 Å². The molecule has 2 nitrogen and oxygen atoms in total. The average Bonchev–Trinajstić information content (AvgIpc) is 2.36. The first-order valence-electron chi connectivity index (χ1n) is 4.14. The molecule has 0 aromatic heterocycles. The summed E-state index contributed by atoms with van der Waals surface area (Å²) in [6.07, 6.45) is 1.65. The summed E-state index contributed by atoms with van der Waals surface area (Å²) in [4.78, 5) is 11.3. The molecule has 2 aliphatic rings. The number of hydrogen-bond donors (Lipinski definition) is 0. The lowest BCUT2D eigenvalue weighted by atomic mass is 9.72. The fourth-order valence-electron chi connectivity index (χ4n) is 2.35. The third kappa shape index (κ3) is 1.00. The van der Waals surface area contributed by atoms with E-state index in [1.165, 1.54) is 0 Å². The van der Waals surface area contributed by atoms with E-state index in [2.05, 4.69) is 13.8 Å². The first-order valence-corrected chi connectivity index (χ1v) is 4.14. The van der Waals surface area contributed by atoms with Gasteiger partial charge in [-0.3, -0.25) is 4.79 Å². The fourth-order valence-corrected chi connectivity index (χ4v) is 2.35. The molecule has 0 unspecified atom stereocenters. The Labute approximate surface area is 66.9 Å². The van der Waals surface area contributed by atoms with Crippen LogP contribution in [0.2, 0.25) is 0 Å². The first kappa shape index (κ1) is 7.29. The Hall–Kier alpha value is -0.370. The van der Waals surface area contributed by atoms with E-state index in [-0.39, 0.29) is 17.1 Å². The van der Waals surface area contributed by atoms with Crippen LogP contribution in [-0.2, 0) is 9.53 Å². The quantitative estimate of drug-likeness (QED) is 0.495. The van der Waals surface area contributed by atoms with Crippen molar-refractivity contribution in [2.75, 3.05) is 0 Å². The highest BCUT2D eigenvalue weighted by Crippen LogP contribution is 2.52. The highest BCUT2D eigenvalue weighted by molar-refractivity contribution is 5.88. The summed E-state index contributed by atoms with van der Waals surface area (Å²) in [5.74, 6) is 0.295. The number of hydrogen-bond acceptors (Lipinski definition) is 2. The molecular weight excluding hydrogens is 140 g/mol. The van der Waals surface area contributed by atoms with Crippen LogP contribution < -0.4 is 0 Å². The number of fused-ring (bicyclic) bond motifs is 1. The predicted molar refractivity (Wildman–Crippen MR) is 41.3 cm³/mol. The van der Waals surface area contributed by atoms with Gasteiger partial charge in [0.15, 0.2) is 5.78 Å². The van der Waals surface area contributed by atoms with Crippen LogP contribution in [0, 0.1) is 5.41 Å². The molecule has 1 aliphatic heterocycles. The molecule has 62 valence electrons. The maximum Gasteiger partial charge on any atom is 0.165 e. The van der Waals surface area contributed by atoms with Crippen molar-refractivity contribution in [2.45, 2.75) is 45.3 Å². The molecule has 0 N–H and O–H groups in total. The van der Waals surface area contributed by atoms with Crippen molar-refractivity contribution in [1.82, 2.24) is 0 Å². The molecule has 2 fully saturated rings. The molecule has 11 heavy (non-hydrogen) atoms. The SMILES string of the molecule is CC1(C)CC(=O)[C@H]2O[C@@]2(C)C1. The van der Waals surface area contributed by atoms with E-state index in [4.69, 9.17) is 4.74 Å². The number of carbonyl (C=O) groups excluding carboxylic acids is 1. The van der Waals surface area contributed by atoms with Crippen molar-refractivity contribution in [3.63, 3.8) is 0 Å². The molecule has 0 amide bonds. The molecule has 0 spiro atoms. The minimum atomic E-state index is -0.0984. The van der Waals surface area contributed by atoms with Crippen LogP contribution in [-0.4, -0.2) is 17.5 Å². The van der Waals surface area contributed by atoms with Crippen LogP contribution in [0.5, 0.6) is 0 Å². The normalized spacial score (nSPS) is 46.8. The molecule has 2 rings (SSSR count). The molecule has 2 atom stereocenters. The second-order valence-corrected chi connectivity index (χ2v) is 4.79. The molecule has 0 aromatic carbocycles. The van der Waals surface area contributed by atoms with Crippen molar-refractivity contribution >= 4 is 5.78 Å². The van der Waals surface area contributed by atoms with Crippen LogP contribution in [0.3, 0.4) is 0 Å². The monoisotopic (exact) mass is 154 g/mol. The van der Waals surface area contributed by atoms with Crippen LogP contribution in [0.25, 0.3) is 0 Å². The van der Waals surface area contributed by atoms with Crippen LogP contribution in [0.1, 0.15) is 33.6 Å². The lowest BCUT2D eigenvalue weighted by molar-refractivity contribution is -0.123. The van der Waals surface area contributed by atoms with E-state index >= 15 is 0 Å². The minimum absolute atomic E-state index is 0.0597. The van der Waals surface area contributed by atoms with Gasteiger partial charge in [0.05, 0.1) is 0 Å². The maximum atomic E-state index is 11.3. The van der Waals surface area contributed by atoms with E-state index in [0.29, 0.717) is 12.2 Å². The van der Waals surface area contributed by atoms with Crippen molar-refractivity contribution < 1.29 is 9.53 Å². The van der Waals surface area contributed by atoms with Gasteiger partial charge in [0.1, 0.15) is 11.7 Å². The fraction of sp³-hybridized carbons (Fsp3) is 0.889. The van der Waals surface area contributed by atoms with E-state index < -0.39 is 0 Å². The molecule has 1 saturated carbocycles. The van der Waals surface area contributed by atoms with E-state index in [0.717, 1.165) is 6.42 Å². The average molecular weight is 154 g/mol. The van der Waals surface area contributed by atoms with E-state index in [9.17, 15) is 4.79 Å². The third-order valence-electron chi connectivity index (χ3n) is 2.66. The number of carbonyl (C=O) groups is 1.